The molecule has 1 rings (SSSR count). The van der Waals surface area contributed by atoms with E-state index in [1.165, 1.54) is 6.92 Å². The molecule has 0 amide bonds. The van der Waals surface area contributed by atoms with Crippen molar-refractivity contribution < 1.29 is 14.3 Å². The van der Waals surface area contributed by atoms with Gasteiger partial charge in [-0.15, -0.1) is 0 Å². The van der Waals surface area contributed by atoms with Crippen LogP contribution in [0.25, 0.3) is 0 Å². The molecule has 0 spiro atoms. The van der Waals surface area contributed by atoms with Crippen LogP contribution in [-0.2, 0) is 14.3 Å². The SMILES string of the molecule is CC#CC#CC#CC=CC1OC1CCCOC(C)=O. The van der Waals surface area contributed by atoms with Crippen molar-refractivity contribution in [3.63, 3.8) is 0 Å². The van der Waals surface area contributed by atoms with Crippen LogP contribution in [0.1, 0.15) is 26.7 Å². The first-order chi connectivity index (χ1) is 9.24. The van der Waals surface area contributed by atoms with Crippen molar-refractivity contribution in [2.45, 2.75) is 38.9 Å². The van der Waals surface area contributed by atoms with E-state index in [1.54, 1.807) is 13.0 Å². The molecule has 98 valence electrons. The fraction of sp³-hybridized carbons (Fsp3) is 0.438. The molecule has 19 heavy (non-hydrogen) atoms. The average molecular weight is 256 g/mol. The second-order valence-corrected chi connectivity index (χ2v) is 3.87. The summed E-state index contributed by atoms with van der Waals surface area (Å²) in [7, 11) is 0. The summed E-state index contributed by atoms with van der Waals surface area (Å²) in [6.45, 7) is 3.60. The standard InChI is InChI=1S/C16H16O3/c1-3-4-5-6-7-8-9-11-15-16(19-15)12-10-13-18-14(2)17/h9,11,15-16H,10,12-13H2,1-2H3. The Hall–Kier alpha value is -2.15. The molecule has 1 fully saturated rings. The maximum absolute atomic E-state index is 10.5. The minimum atomic E-state index is -0.239. The zero-order chi connectivity index (χ0) is 13.9. The molecule has 3 nitrogen and oxygen atoms in total. The van der Waals surface area contributed by atoms with Crippen molar-refractivity contribution in [1.82, 2.24) is 0 Å². The van der Waals surface area contributed by atoms with Gasteiger partial charge in [0.2, 0.25) is 0 Å². The van der Waals surface area contributed by atoms with Gasteiger partial charge in [0.15, 0.2) is 0 Å². The summed E-state index contributed by atoms with van der Waals surface area (Å²) in [5, 5.41) is 0. The molecular formula is C16H16O3. The van der Waals surface area contributed by atoms with Crippen LogP contribution < -0.4 is 0 Å². The van der Waals surface area contributed by atoms with Crippen LogP contribution in [0.4, 0.5) is 0 Å². The molecule has 1 aliphatic heterocycles. The van der Waals surface area contributed by atoms with Gasteiger partial charge in [0.1, 0.15) is 6.10 Å². The summed E-state index contributed by atoms with van der Waals surface area (Å²) < 4.78 is 10.3. The number of ether oxygens (including phenoxy) is 2. The molecule has 0 saturated carbocycles. The lowest BCUT2D eigenvalue weighted by atomic mass is 10.2. The average Bonchev–Trinajstić information content (AvgIpc) is 3.12. The fourth-order valence-electron chi connectivity index (χ4n) is 1.40. The van der Waals surface area contributed by atoms with Gasteiger partial charge < -0.3 is 9.47 Å². The van der Waals surface area contributed by atoms with Crippen molar-refractivity contribution >= 4 is 5.97 Å². The molecule has 0 radical (unpaired) electrons. The summed E-state index contributed by atoms with van der Waals surface area (Å²) in [5.41, 5.74) is 0. The topological polar surface area (TPSA) is 38.8 Å². The first-order valence-corrected chi connectivity index (χ1v) is 6.12. The molecule has 1 aliphatic rings. The Morgan fingerprint density at radius 1 is 1.32 bits per heavy atom. The van der Waals surface area contributed by atoms with E-state index >= 15 is 0 Å². The maximum Gasteiger partial charge on any atom is 0.302 e. The maximum atomic E-state index is 10.5. The minimum Gasteiger partial charge on any atom is -0.466 e. The van der Waals surface area contributed by atoms with Gasteiger partial charge in [0.05, 0.1) is 12.7 Å². The molecule has 0 N–H and O–H groups in total. The zero-order valence-electron chi connectivity index (χ0n) is 11.2. The van der Waals surface area contributed by atoms with Crippen LogP contribution in [0.3, 0.4) is 0 Å². The van der Waals surface area contributed by atoms with E-state index in [4.69, 9.17) is 9.47 Å². The Kier molecular flexibility index (Phi) is 6.96. The van der Waals surface area contributed by atoms with Crippen molar-refractivity contribution in [1.29, 1.82) is 0 Å². The fourth-order valence-corrected chi connectivity index (χ4v) is 1.40. The van der Waals surface area contributed by atoms with Crippen LogP contribution in [0.2, 0.25) is 0 Å². The lowest BCUT2D eigenvalue weighted by Crippen LogP contribution is -2.02. The van der Waals surface area contributed by atoms with Gasteiger partial charge in [-0.25, -0.2) is 0 Å². The molecule has 0 bridgehead atoms. The van der Waals surface area contributed by atoms with Crippen LogP contribution in [0.5, 0.6) is 0 Å². The smallest absolute Gasteiger partial charge is 0.302 e. The normalized spacial score (nSPS) is 19.3. The second-order valence-electron chi connectivity index (χ2n) is 3.87. The Labute approximate surface area is 114 Å². The molecule has 2 unspecified atom stereocenters. The summed E-state index contributed by atoms with van der Waals surface area (Å²) in [6.07, 6.45) is 5.73. The molecule has 1 heterocycles. The van der Waals surface area contributed by atoms with E-state index < -0.39 is 0 Å². The van der Waals surface area contributed by atoms with Gasteiger partial charge in [0, 0.05) is 6.92 Å². The van der Waals surface area contributed by atoms with Crippen LogP contribution in [0, 0.1) is 35.5 Å². The molecule has 0 aliphatic carbocycles. The van der Waals surface area contributed by atoms with E-state index in [0.29, 0.717) is 6.61 Å². The quantitative estimate of drug-likeness (QED) is 0.325. The number of hydrogen-bond donors (Lipinski definition) is 0. The largest absolute Gasteiger partial charge is 0.466 e. The van der Waals surface area contributed by atoms with Crippen molar-refractivity contribution in [3.05, 3.63) is 12.2 Å². The van der Waals surface area contributed by atoms with Gasteiger partial charge in [0.25, 0.3) is 0 Å². The van der Waals surface area contributed by atoms with Gasteiger partial charge in [-0.2, -0.15) is 0 Å². The first-order valence-electron chi connectivity index (χ1n) is 6.12. The van der Waals surface area contributed by atoms with Crippen LogP contribution in [-0.4, -0.2) is 24.8 Å². The van der Waals surface area contributed by atoms with Crippen molar-refractivity contribution in [2.75, 3.05) is 6.61 Å². The molecular weight excluding hydrogens is 240 g/mol. The Morgan fingerprint density at radius 3 is 2.84 bits per heavy atom. The number of epoxide rings is 1. The van der Waals surface area contributed by atoms with E-state index in [-0.39, 0.29) is 18.2 Å². The summed E-state index contributed by atoms with van der Waals surface area (Å²) in [5.74, 6) is 15.7. The highest BCUT2D eigenvalue weighted by Crippen LogP contribution is 2.27. The number of esters is 1. The predicted octanol–water partition coefficient (Wildman–Crippen LogP) is 1.68. The third-order valence-corrected chi connectivity index (χ3v) is 2.31. The monoisotopic (exact) mass is 256 g/mol. The Balaban J connectivity index is 2.11. The van der Waals surface area contributed by atoms with Gasteiger partial charge in [-0.05, 0) is 55.6 Å². The second kappa shape index (κ2) is 8.87. The highest BCUT2D eigenvalue weighted by molar-refractivity contribution is 5.65. The van der Waals surface area contributed by atoms with Crippen LogP contribution in [0.15, 0.2) is 12.2 Å². The lowest BCUT2D eigenvalue weighted by molar-refractivity contribution is -0.141. The summed E-state index contributed by atoms with van der Waals surface area (Å²) >= 11 is 0. The number of carbonyl (C=O) groups excluding carboxylic acids is 1. The number of rotatable bonds is 5. The van der Waals surface area contributed by atoms with Crippen LogP contribution >= 0.6 is 0 Å². The third-order valence-electron chi connectivity index (χ3n) is 2.31. The number of allylic oxidation sites excluding steroid dienone is 1. The highest BCUT2D eigenvalue weighted by atomic mass is 16.6. The number of hydrogen-bond acceptors (Lipinski definition) is 3. The van der Waals surface area contributed by atoms with Gasteiger partial charge in [-0.1, -0.05) is 11.8 Å². The molecule has 0 aromatic rings. The number of carbonyl (C=O) groups is 1. The van der Waals surface area contributed by atoms with E-state index in [0.717, 1.165) is 12.8 Å². The lowest BCUT2D eigenvalue weighted by Gasteiger charge is -1.98. The van der Waals surface area contributed by atoms with E-state index in [1.807, 2.05) is 6.08 Å². The zero-order valence-corrected chi connectivity index (χ0v) is 11.2. The molecule has 2 atom stereocenters. The molecule has 1 saturated heterocycles. The highest BCUT2D eigenvalue weighted by Gasteiger charge is 2.35. The minimum absolute atomic E-state index is 0.134. The first kappa shape index (κ1) is 14.9. The molecule has 0 aromatic heterocycles. The van der Waals surface area contributed by atoms with Gasteiger partial charge >= 0.3 is 5.97 Å². The van der Waals surface area contributed by atoms with Crippen molar-refractivity contribution in [3.8, 4) is 35.5 Å². The summed E-state index contributed by atoms with van der Waals surface area (Å²) in [6, 6.07) is 0. The van der Waals surface area contributed by atoms with E-state index in [9.17, 15) is 4.79 Å². The van der Waals surface area contributed by atoms with E-state index in [2.05, 4.69) is 35.5 Å². The Morgan fingerprint density at radius 2 is 2.11 bits per heavy atom. The molecule has 0 aromatic carbocycles. The Bertz CT molecular complexity index is 511. The molecule has 3 heteroatoms. The predicted molar refractivity (Wildman–Crippen MR) is 72.7 cm³/mol. The van der Waals surface area contributed by atoms with Gasteiger partial charge in [-0.3, -0.25) is 4.79 Å². The van der Waals surface area contributed by atoms with Crippen molar-refractivity contribution in [2.24, 2.45) is 0 Å². The third kappa shape index (κ3) is 7.72. The summed E-state index contributed by atoms with van der Waals surface area (Å²) in [4.78, 5) is 10.5.